The van der Waals surface area contributed by atoms with Gasteiger partial charge in [-0.05, 0) is 12.8 Å². The van der Waals surface area contributed by atoms with Crippen LogP contribution in [0.4, 0.5) is 0 Å². The molecule has 0 aromatic rings. The van der Waals surface area contributed by atoms with Crippen molar-refractivity contribution in [1.82, 2.24) is 0 Å². The fourth-order valence-electron chi connectivity index (χ4n) is 1.89. The van der Waals surface area contributed by atoms with E-state index < -0.39 is 24.0 Å². The lowest BCUT2D eigenvalue weighted by Crippen LogP contribution is -2.38. The first-order valence-corrected chi connectivity index (χ1v) is 5.69. The molecule has 7 nitrogen and oxygen atoms in total. The molecule has 0 N–H and O–H groups in total. The maximum absolute atomic E-state index is 11.7. The molecule has 102 valence electrons. The smallest absolute Gasteiger partial charge is 0.405 e. The molecular formula is C11H17NO6. The quantitative estimate of drug-likeness (QED) is 0.531. The van der Waals surface area contributed by atoms with Crippen molar-refractivity contribution in [1.29, 1.82) is 0 Å². The van der Waals surface area contributed by atoms with Crippen molar-refractivity contribution in [2.75, 3.05) is 13.7 Å². The Labute approximate surface area is 105 Å². The van der Waals surface area contributed by atoms with Gasteiger partial charge in [-0.25, -0.2) is 4.79 Å². The van der Waals surface area contributed by atoms with Crippen molar-refractivity contribution in [3.8, 4) is 0 Å². The van der Waals surface area contributed by atoms with Crippen LogP contribution in [0.15, 0.2) is 0 Å². The van der Waals surface area contributed by atoms with E-state index in [-0.39, 0.29) is 23.1 Å². The van der Waals surface area contributed by atoms with Gasteiger partial charge in [0.05, 0.1) is 24.5 Å². The molecule has 1 aliphatic rings. The Morgan fingerprint density at radius 3 is 2.56 bits per heavy atom. The first-order valence-electron chi connectivity index (χ1n) is 5.69. The van der Waals surface area contributed by atoms with Crippen molar-refractivity contribution < 1.29 is 28.8 Å². The van der Waals surface area contributed by atoms with Gasteiger partial charge >= 0.3 is 17.7 Å². The lowest BCUT2D eigenvalue weighted by Gasteiger charge is -2.19. The van der Waals surface area contributed by atoms with E-state index in [4.69, 9.17) is 9.57 Å². The summed E-state index contributed by atoms with van der Waals surface area (Å²) < 4.78 is 9.34. The minimum atomic E-state index is -1.10. The highest BCUT2D eigenvalue weighted by Gasteiger charge is 2.50. The Hall–Kier alpha value is -1.79. The van der Waals surface area contributed by atoms with E-state index >= 15 is 0 Å². The number of esters is 2. The zero-order valence-electron chi connectivity index (χ0n) is 10.8. The molecule has 1 aliphatic heterocycles. The third kappa shape index (κ3) is 2.55. The molecule has 0 aromatic heterocycles. The summed E-state index contributed by atoms with van der Waals surface area (Å²) in [6.07, 6.45) is -1.10. The van der Waals surface area contributed by atoms with Crippen LogP contribution in [-0.2, 0) is 23.9 Å². The van der Waals surface area contributed by atoms with E-state index in [1.165, 1.54) is 0 Å². The Morgan fingerprint density at radius 2 is 2.11 bits per heavy atom. The number of hydrogen-bond acceptors (Lipinski definition) is 6. The van der Waals surface area contributed by atoms with Gasteiger partial charge in [0.15, 0.2) is 6.10 Å². The average Bonchev–Trinajstić information content (AvgIpc) is 2.66. The predicted octanol–water partition coefficient (Wildman–Crippen LogP) is 0.260. The van der Waals surface area contributed by atoms with Crippen LogP contribution in [0.25, 0.3) is 0 Å². The van der Waals surface area contributed by atoms with E-state index in [0.717, 1.165) is 7.11 Å². The third-order valence-electron chi connectivity index (χ3n) is 2.68. The first-order chi connectivity index (χ1) is 8.43. The topological polar surface area (TPSA) is 87.9 Å². The standard InChI is InChI=1S/C11H17NO6/c1-5-17-11(14)9-7(6(2)3)8(10(13)16-4)12(15)18-9/h6-7,9H,5H2,1-4H3/t7-,9-/m1/s1. The van der Waals surface area contributed by atoms with Crippen LogP contribution >= 0.6 is 0 Å². The minimum absolute atomic E-state index is 0.0537. The van der Waals surface area contributed by atoms with E-state index in [1.807, 2.05) is 0 Å². The normalized spacial score (nSPS) is 22.9. The van der Waals surface area contributed by atoms with Crippen molar-refractivity contribution in [2.45, 2.75) is 26.9 Å². The van der Waals surface area contributed by atoms with Crippen LogP contribution in [0.2, 0.25) is 0 Å². The maximum Gasteiger partial charge on any atom is 0.405 e. The first kappa shape index (κ1) is 14.3. The molecule has 0 spiro atoms. The highest BCUT2D eigenvalue weighted by molar-refractivity contribution is 6.35. The number of carbonyl (C=O) groups excluding carboxylic acids is 2. The molecule has 1 rings (SSSR count). The Bertz CT molecular complexity index is 376. The monoisotopic (exact) mass is 259 g/mol. The maximum atomic E-state index is 11.7. The molecule has 0 saturated heterocycles. The molecule has 0 unspecified atom stereocenters. The van der Waals surface area contributed by atoms with Gasteiger partial charge in [-0.3, -0.25) is 10.0 Å². The van der Waals surface area contributed by atoms with E-state index in [2.05, 4.69) is 4.74 Å². The highest BCUT2D eigenvalue weighted by Crippen LogP contribution is 2.27. The van der Waals surface area contributed by atoms with Crippen LogP contribution < -0.4 is 0 Å². The van der Waals surface area contributed by atoms with Crippen LogP contribution in [0, 0.1) is 17.0 Å². The molecule has 0 saturated carbocycles. The molecule has 0 bridgehead atoms. The van der Waals surface area contributed by atoms with Gasteiger partial charge < -0.3 is 14.3 Å². The van der Waals surface area contributed by atoms with Crippen LogP contribution in [0.5, 0.6) is 0 Å². The summed E-state index contributed by atoms with van der Waals surface area (Å²) >= 11 is 0. The van der Waals surface area contributed by atoms with Crippen LogP contribution in [-0.4, -0.2) is 42.4 Å². The van der Waals surface area contributed by atoms with Gasteiger partial charge in [-0.1, -0.05) is 13.8 Å². The zero-order valence-corrected chi connectivity index (χ0v) is 10.8. The summed E-state index contributed by atoms with van der Waals surface area (Å²) in [5, 5.41) is 11.6. The molecule has 0 amide bonds. The largest absolute Gasteiger partial charge is 0.465 e. The molecular weight excluding hydrogens is 242 g/mol. The fourth-order valence-corrected chi connectivity index (χ4v) is 1.89. The molecule has 1 heterocycles. The Morgan fingerprint density at radius 1 is 1.50 bits per heavy atom. The SMILES string of the molecule is CCOC(=O)[C@@H]1O[N+]([O-])=C(C(=O)OC)[C@H]1C(C)C. The summed E-state index contributed by atoms with van der Waals surface area (Å²) in [7, 11) is 1.16. The second-order valence-electron chi connectivity index (χ2n) is 4.18. The average molecular weight is 259 g/mol. The molecule has 0 aromatic carbocycles. The fraction of sp³-hybridized carbons (Fsp3) is 0.727. The van der Waals surface area contributed by atoms with Gasteiger partial charge in [0.2, 0.25) is 0 Å². The highest BCUT2D eigenvalue weighted by atomic mass is 16.9. The van der Waals surface area contributed by atoms with Crippen molar-refractivity contribution in [3.05, 3.63) is 5.21 Å². The van der Waals surface area contributed by atoms with Crippen LogP contribution in [0.1, 0.15) is 20.8 Å². The summed E-state index contributed by atoms with van der Waals surface area (Å²) in [6.45, 7) is 5.39. The molecule has 0 aliphatic carbocycles. The van der Waals surface area contributed by atoms with Crippen LogP contribution in [0.3, 0.4) is 0 Å². The molecule has 7 heteroatoms. The van der Waals surface area contributed by atoms with E-state index in [1.54, 1.807) is 20.8 Å². The van der Waals surface area contributed by atoms with Crippen molar-refractivity contribution >= 4 is 17.7 Å². The third-order valence-corrected chi connectivity index (χ3v) is 2.68. The van der Waals surface area contributed by atoms with E-state index in [9.17, 15) is 14.8 Å². The lowest BCUT2D eigenvalue weighted by atomic mass is 9.86. The molecule has 0 fully saturated rings. The van der Waals surface area contributed by atoms with Gasteiger partial charge in [0.25, 0.3) is 0 Å². The van der Waals surface area contributed by atoms with E-state index in [0.29, 0.717) is 0 Å². The lowest BCUT2D eigenvalue weighted by molar-refractivity contribution is -0.737. The minimum Gasteiger partial charge on any atom is -0.465 e. The Kier molecular flexibility index (Phi) is 4.52. The summed E-state index contributed by atoms with van der Waals surface area (Å²) in [5.74, 6) is -2.27. The van der Waals surface area contributed by atoms with Crippen molar-refractivity contribution in [2.24, 2.45) is 11.8 Å². The number of carbonyl (C=O) groups is 2. The van der Waals surface area contributed by atoms with Crippen molar-refractivity contribution in [3.63, 3.8) is 0 Å². The zero-order chi connectivity index (χ0) is 13.9. The van der Waals surface area contributed by atoms with Gasteiger partial charge in [0.1, 0.15) is 0 Å². The number of nitrogens with zero attached hydrogens (tertiary/aromatic N) is 1. The van der Waals surface area contributed by atoms with Gasteiger partial charge in [-0.2, -0.15) is 0 Å². The van der Waals surface area contributed by atoms with Gasteiger partial charge in [0, 0.05) is 0 Å². The summed E-state index contributed by atoms with van der Waals surface area (Å²) in [4.78, 5) is 28.1. The summed E-state index contributed by atoms with van der Waals surface area (Å²) in [5.41, 5.74) is -0.203. The number of methoxy groups -OCH3 is 1. The number of hydrogen-bond donors (Lipinski definition) is 0. The molecule has 0 radical (unpaired) electrons. The number of ether oxygens (including phenoxy) is 2. The van der Waals surface area contributed by atoms with Gasteiger partial charge in [-0.15, -0.1) is 0 Å². The second-order valence-corrected chi connectivity index (χ2v) is 4.18. The second kappa shape index (κ2) is 5.70. The predicted molar refractivity (Wildman–Crippen MR) is 60.5 cm³/mol. The molecule has 2 atom stereocenters. The molecule has 18 heavy (non-hydrogen) atoms. The summed E-state index contributed by atoms with van der Waals surface area (Å²) in [6, 6.07) is 0. The Balaban J connectivity index is 3.02. The number of rotatable bonds is 4.